The van der Waals surface area contributed by atoms with E-state index < -0.39 is 4.92 Å². The molecule has 6 nitrogen and oxygen atoms in total. The molecule has 1 saturated carbocycles. The quantitative estimate of drug-likeness (QED) is 0.668. The Morgan fingerprint density at radius 2 is 2.10 bits per heavy atom. The van der Waals surface area contributed by atoms with Crippen molar-refractivity contribution in [2.75, 3.05) is 6.61 Å². The lowest BCUT2D eigenvalue weighted by molar-refractivity contribution is -0.384. The molecule has 0 bridgehead atoms. The SMILES string of the molecule is CC1(C)CCC(NC(=O)COc2ccc([N+](=O)[O-])cc2)C1. The lowest BCUT2D eigenvalue weighted by atomic mass is 9.92. The molecule has 0 aliphatic heterocycles. The van der Waals surface area contributed by atoms with Gasteiger partial charge in [0.15, 0.2) is 6.61 Å². The number of hydrogen-bond acceptors (Lipinski definition) is 4. The Kier molecular flexibility index (Phi) is 4.45. The van der Waals surface area contributed by atoms with E-state index in [1.165, 1.54) is 24.3 Å². The second kappa shape index (κ2) is 6.11. The van der Waals surface area contributed by atoms with Crippen LogP contribution in [-0.4, -0.2) is 23.5 Å². The van der Waals surface area contributed by atoms with E-state index in [0.29, 0.717) is 5.75 Å². The van der Waals surface area contributed by atoms with Gasteiger partial charge in [-0.3, -0.25) is 14.9 Å². The minimum absolute atomic E-state index is 0.0000106. The van der Waals surface area contributed by atoms with Gasteiger partial charge in [0.25, 0.3) is 11.6 Å². The third-order valence-corrected chi connectivity index (χ3v) is 3.75. The molecular formula is C15H20N2O4. The summed E-state index contributed by atoms with van der Waals surface area (Å²) in [6.45, 7) is 4.33. The number of non-ortho nitro benzene ring substituents is 1. The average Bonchev–Trinajstić information content (AvgIpc) is 2.76. The molecule has 6 heteroatoms. The smallest absolute Gasteiger partial charge is 0.269 e. The van der Waals surface area contributed by atoms with Crippen molar-refractivity contribution in [2.24, 2.45) is 5.41 Å². The molecule has 1 amide bonds. The minimum Gasteiger partial charge on any atom is -0.484 e. The molecule has 1 aromatic carbocycles. The van der Waals surface area contributed by atoms with Crippen LogP contribution >= 0.6 is 0 Å². The Balaban J connectivity index is 1.77. The first kappa shape index (κ1) is 15.3. The zero-order chi connectivity index (χ0) is 15.5. The number of nitrogens with zero attached hydrogens (tertiary/aromatic N) is 1. The summed E-state index contributed by atoms with van der Waals surface area (Å²) in [5.41, 5.74) is 0.289. The van der Waals surface area contributed by atoms with Crippen LogP contribution in [0.2, 0.25) is 0 Å². The van der Waals surface area contributed by atoms with E-state index in [2.05, 4.69) is 19.2 Å². The van der Waals surface area contributed by atoms with Gasteiger partial charge in [0, 0.05) is 18.2 Å². The van der Waals surface area contributed by atoms with E-state index in [4.69, 9.17) is 4.74 Å². The highest BCUT2D eigenvalue weighted by molar-refractivity contribution is 5.77. The van der Waals surface area contributed by atoms with Gasteiger partial charge in [-0.2, -0.15) is 0 Å². The van der Waals surface area contributed by atoms with Gasteiger partial charge in [0.1, 0.15) is 5.75 Å². The Morgan fingerprint density at radius 3 is 2.62 bits per heavy atom. The number of hydrogen-bond donors (Lipinski definition) is 1. The van der Waals surface area contributed by atoms with Crippen LogP contribution in [-0.2, 0) is 4.79 Å². The van der Waals surface area contributed by atoms with Crippen LogP contribution in [0, 0.1) is 15.5 Å². The summed E-state index contributed by atoms with van der Waals surface area (Å²) < 4.78 is 5.33. The molecule has 2 rings (SSSR count). The molecule has 1 aliphatic rings. The topological polar surface area (TPSA) is 81.5 Å². The van der Waals surface area contributed by atoms with E-state index in [1.807, 2.05) is 0 Å². The van der Waals surface area contributed by atoms with Crippen LogP contribution in [0.1, 0.15) is 33.1 Å². The fraction of sp³-hybridized carbons (Fsp3) is 0.533. The number of nitro groups is 1. The number of nitro benzene ring substituents is 1. The number of benzene rings is 1. The molecule has 0 saturated heterocycles. The summed E-state index contributed by atoms with van der Waals surface area (Å²) in [4.78, 5) is 21.9. The van der Waals surface area contributed by atoms with Gasteiger partial charge < -0.3 is 10.1 Å². The second-order valence-corrected chi connectivity index (χ2v) is 6.21. The maximum Gasteiger partial charge on any atom is 0.269 e. The largest absolute Gasteiger partial charge is 0.484 e. The molecule has 0 radical (unpaired) electrons. The zero-order valence-corrected chi connectivity index (χ0v) is 12.3. The van der Waals surface area contributed by atoms with Crippen LogP contribution in [0.5, 0.6) is 5.75 Å². The van der Waals surface area contributed by atoms with Crippen molar-refractivity contribution in [1.82, 2.24) is 5.32 Å². The van der Waals surface area contributed by atoms with Crippen molar-refractivity contribution < 1.29 is 14.5 Å². The standard InChI is InChI=1S/C15H20N2O4/c1-15(2)8-7-11(9-15)16-14(18)10-21-13-5-3-12(4-6-13)17(19)20/h3-6,11H,7-10H2,1-2H3,(H,16,18). The Labute approximate surface area is 123 Å². The van der Waals surface area contributed by atoms with Crippen LogP contribution < -0.4 is 10.1 Å². The first-order valence-corrected chi connectivity index (χ1v) is 7.02. The van der Waals surface area contributed by atoms with Crippen molar-refractivity contribution in [1.29, 1.82) is 0 Å². The Morgan fingerprint density at radius 1 is 1.43 bits per heavy atom. The molecule has 0 spiro atoms. The number of carbonyl (C=O) groups excluding carboxylic acids is 1. The van der Waals surface area contributed by atoms with Crippen molar-refractivity contribution in [2.45, 2.75) is 39.2 Å². The summed E-state index contributed by atoms with van der Waals surface area (Å²) >= 11 is 0. The lowest BCUT2D eigenvalue weighted by Crippen LogP contribution is -2.36. The molecule has 1 aliphatic carbocycles. The van der Waals surface area contributed by atoms with Gasteiger partial charge >= 0.3 is 0 Å². The zero-order valence-electron chi connectivity index (χ0n) is 12.3. The maximum atomic E-state index is 11.8. The van der Waals surface area contributed by atoms with Gasteiger partial charge in [-0.25, -0.2) is 0 Å². The summed E-state index contributed by atoms with van der Waals surface area (Å²) in [5.74, 6) is 0.290. The molecule has 21 heavy (non-hydrogen) atoms. The van der Waals surface area contributed by atoms with Gasteiger partial charge in [0.05, 0.1) is 4.92 Å². The predicted molar refractivity (Wildman–Crippen MR) is 78.2 cm³/mol. The van der Waals surface area contributed by atoms with Gasteiger partial charge in [-0.05, 0) is 36.8 Å². The first-order valence-electron chi connectivity index (χ1n) is 7.02. The van der Waals surface area contributed by atoms with E-state index >= 15 is 0 Å². The fourth-order valence-electron chi connectivity index (χ4n) is 2.64. The maximum absolute atomic E-state index is 11.8. The fourth-order valence-corrected chi connectivity index (χ4v) is 2.64. The monoisotopic (exact) mass is 292 g/mol. The molecule has 1 N–H and O–H groups in total. The van der Waals surface area contributed by atoms with E-state index in [0.717, 1.165) is 19.3 Å². The molecule has 114 valence electrons. The molecular weight excluding hydrogens is 272 g/mol. The highest BCUT2D eigenvalue weighted by Gasteiger charge is 2.31. The molecule has 1 atom stereocenters. The number of carbonyl (C=O) groups is 1. The number of ether oxygens (including phenoxy) is 1. The Hall–Kier alpha value is -2.11. The van der Waals surface area contributed by atoms with Crippen molar-refractivity contribution >= 4 is 11.6 Å². The van der Waals surface area contributed by atoms with Gasteiger partial charge in [-0.15, -0.1) is 0 Å². The molecule has 1 fully saturated rings. The van der Waals surface area contributed by atoms with Gasteiger partial charge in [-0.1, -0.05) is 13.8 Å². The third-order valence-electron chi connectivity index (χ3n) is 3.75. The number of rotatable bonds is 5. The molecule has 0 aromatic heterocycles. The van der Waals surface area contributed by atoms with E-state index in [1.54, 1.807) is 0 Å². The van der Waals surface area contributed by atoms with Crippen LogP contribution in [0.4, 0.5) is 5.69 Å². The second-order valence-electron chi connectivity index (χ2n) is 6.21. The normalized spacial score (nSPS) is 20.0. The first-order chi connectivity index (χ1) is 9.85. The third kappa shape index (κ3) is 4.44. The summed E-state index contributed by atoms with van der Waals surface area (Å²) in [6, 6.07) is 5.90. The van der Waals surface area contributed by atoms with Crippen molar-refractivity contribution in [3.8, 4) is 5.75 Å². The number of nitrogens with one attached hydrogen (secondary N) is 1. The molecule has 1 aromatic rings. The summed E-state index contributed by atoms with van der Waals surface area (Å²) in [6.07, 6.45) is 3.09. The van der Waals surface area contributed by atoms with Gasteiger partial charge in [0.2, 0.25) is 0 Å². The molecule has 1 unspecified atom stereocenters. The van der Waals surface area contributed by atoms with E-state index in [-0.39, 0.29) is 29.7 Å². The highest BCUT2D eigenvalue weighted by Crippen LogP contribution is 2.36. The lowest BCUT2D eigenvalue weighted by Gasteiger charge is -2.17. The predicted octanol–water partition coefficient (Wildman–Crippen LogP) is 2.67. The molecule has 0 heterocycles. The minimum atomic E-state index is -0.474. The van der Waals surface area contributed by atoms with Crippen LogP contribution in [0.15, 0.2) is 24.3 Å². The average molecular weight is 292 g/mol. The van der Waals surface area contributed by atoms with Crippen molar-refractivity contribution in [3.63, 3.8) is 0 Å². The highest BCUT2D eigenvalue weighted by atomic mass is 16.6. The Bertz CT molecular complexity index is 525. The van der Waals surface area contributed by atoms with Crippen molar-refractivity contribution in [3.05, 3.63) is 34.4 Å². The van der Waals surface area contributed by atoms with E-state index in [9.17, 15) is 14.9 Å². The van der Waals surface area contributed by atoms with Crippen LogP contribution in [0.25, 0.3) is 0 Å². The number of amides is 1. The summed E-state index contributed by atoms with van der Waals surface area (Å²) in [5, 5.41) is 13.5. The summed E-state index contributed by atoms with van der Waals surface area (Å²) in [7, 11) is 0. The van der Waals surface area contributed by atoms with Crippen LogP contribution in [0.3, 0.4) is 0 Å².